The molecule has 0 saturated carbocycles. The lowest BCUT2D eigenvalue weighted by atomic mass is 10.0. The van der Waals surface area contributed by atoms with Crippen LogP contribution in [-0.2, 0) is 0 Å². The zero-order valence-electron chi connectivity index (χ0n) is 12.4. The fourth-order valence-electron chi connectivity index (χ4n) is 2.27. The fraction of sp³-hybridized carbons (Fsp3) is 0.235. The summed E-state index contributed by atoms with van der Waals surface area (Å²) in [4.78, 5) is 12.0. The van der Waals surface area contributed by atoms with Crippen molar-refractivity contribution in [2.45, 2.75) is 26.8 Å². The molecule has 2 N–H and O–H groups in total. The molecule has 2 aromatic rings. The highest BCUT2D eigenvalue weighted by atomic mass is 19.1. The summed E-state index contributed by atoms with van der Waals surface area (Å²) in [7, 11) is 0. The Morgan fingerprint density at radius 1 is 1.10 bits per heavy atom. The molecule has 1 unspecified atom stereocenters. The molecule has 0 spiro atoms. The van der Waals surface area contributed by atoms with Gasteiger partial charge in [-0.25, -0.2) is 9.18 Å². The first-order valence-electron chi connectivity index (χ1n) is 6.86. The molecule has 1 atom stereocenters. The molecule has 21 heavy (non-hydrogen) atoms. The van der Waals surface area contributed by atoms with Crippen molar-refractivity contribution in [3.05, 3.63) is 65.0 Å². The molecule has 3 nitrogen and oxygen atoms in total. The van der Waals surface area contributed by atoms with Crippen LogP contribution in [0.5, 0.6) is 0 Å². The molecule has 0 bridgehead atoms. The minimum absolute atomic E-state index is 0.105. The Bertz CT molecular complexity index is 655. The minimum Gasteiger partial charge on any atom is -0.331 e. The summed E-state index contributed by atoms with van der Waals surface area (Å²) in [5.74, 6) is -0.313. The van der Waals surface area contributed by atoms with Gasteiger partial charge in [0.1, 0.15) is 5.82 Å². The largest absolute Gasteiger partial charge is 0.331 e. The smallest absolute Gasteiger partial charge is 0.319 e. The molecule has 0 aromatic heterocycles. The highest BCUT2D eigenvalue weighted by molar-refractivity contribution is 5.90. The van der Waals surface area contributed by atoms with Crippen LogP contribution in [0.4, 0.5) is 14.9 Å². The summed E-state index contributed by atoms with van der Waals surface area (Å²) in [6.07, 6.45) is 0. The van der Waals surface area contributed by atoms with E-state index in [9.17, 15) is 9.18 Å². The molecular formula is C17H19FN2O. The van der Waals surface area contributed by atoms with Crippen LogP contribution in [0.15, 0.2) is 42.5 Å². The number of rotatable bonds is 3. The number of carbonyl (C=O) groups excluding carboxylic acids is 1. The number of amides is 2. The van der Waals surface area contributed by atoms with Crippen molar-refractivity contribution in [1.82, 2.24) is 5.32 Å². The van der Waals surface area contributed by atoms with Gasteiger partial charge in [-0.15, -0.1) is 0 Å². The zero-order valence-corrected chi connectivity index (χ0v) is 12.4. The molecule has 0 aliphatic rings. The second-order valence-corrected chi connectivity index (χ2v) is 5.14. The summed E-state index contributed by atoms with van der Waals surface area (Å²) in [6.45, 7) is 5.69. The Morgan fingerprint density at radius 3 is 2.48 bits per heavy atom. The van der Waals surface area contributed by atoms with Gasteiger partial charge in [0, 0.05) is 5.69 Å². The van der Waals surface area contributed by atoms with Crippen LogP contribution in [-0.4, -0.2) is 6.03 Å². The van der Waals surface area contributed by atoms with Crippen molar-refractivity contribution in [2.24, 2.45) is 0 Å². The molecule has 110 valence electrons. The number of hydrogen-bond acceptors (Lipinski definition) is 1. The lowest BCUT2D eigenvalue weighted by molar-refractivity contribution is 0.249. The van der Waals surface area contributed by atoms with Crippen molar-refractivity contribution in [2.75, 3.05) is 5.32 Å². The number of halogens is 1. The van der Waals surface area contributed by atoms with E-state index in [4.69, 9.17) is 0 Å². The number of carbonyl (C=O) groups is 1. The lowest BCUT2D eigenvalue weighted by Gasteiger charge is -2.17. The van der Waals surface area contributed by atoms with Gasteiger partial charge >= 0.3 is 6.03 Å². The van der Waals surface area contributed by atoms with Gasteiger partial charge in [-0.2, -0.15) is 0 Å². The Balaban J connectivity index is 2.03. The number of nitrogens with one attached hydrogen (secondary N) is 2. The van der Waals surface area contributed by atoms with Crippen molar-refractivity contribution in [1.29, 1.82) is 0 Å². The summed E-state index contributed by atoms with van der Waals surface area (Å²) in [5.41, 5.74) is 3.49. The average Bonchev–Trinajstić information content (AvgIpc) is 2.42. The Morgan fingerprint density at radius 2 is 1.81 bits per heavy atom. The second-order valence-electron chi connectivity index (χ2n) is 5.14. The third-order valence-corrected chi connectivity index (χ3v) is 3.44. The van der Waals surface area contributed by atoms with E-state index in [2.05, 4.69) is 10.6 Å². The predicted molar refractivity (Wildman–Crippen MR) is 82.9 cm³/mol. The van der Waals surface area contributed by atoms with Crippen LogP contribution in [0.3, 0.4) is 0 Å². The van der Waals surface area contributed by atoms with Gasteiger partial charge in [-0.3, -0.25) is 0 Å². The van der Waals surface area contributed by atoms with Crippen molar-refractivity contribution in [3.8, 4) is 0 Å². The van der Waals surface area contributed by atoms with Crippen LogP contribution in [0.2, 0.25) is 0 Å². The molecule has 0 heterocycles. The summed E-state index contributed by atoms with van der Waals surface area (Å²) in [6, 6.07) is 11.8. The van der Waals surface area contributed by atoms with Gasteiger partial charge in [-0.1, -0.05) is 24.3 Å². The number of aryl methyl sites for hydroxylation is 2. The molecule has 0 aliphatic heterocycles. The molecule has 4 heteroatoms. The van der Waals surface area contributed by atoms with E-state index in [0.29, 0.717) is 11.3 Å². The van der Waals surface area contributed by atoms with Crippen LogP contribution in [0.1, 0.15) is 29.7 Å². The topological polar surface area (TPSA) is 41.1 Å². The quantitative estimate of drug-likeness (QED) is 0.866. The van der Waals surface area contributed by atoms with E-state index in [1.54, 1.807) is 13.0 Å². The van der Waals surface area contributed by atoms with Gasteiger partial charge in [0.15, 0.2) is 0 Å². The molecule has 2 rings (SSSR count). The molecule has 0 fully saturated rings. The highest BCUT2D eigenvalue weighted by Gasteiger charge is 2.12. The first-order valence-corrected chi connectivity index (χ1v) is 6.86. The normalized spacial score (nSPS) is 11.8. The Hall–Kier alpha value is -2.36. The third-order valence-electron chi connectivity index (χ3n) is 3.44. The first kappa shape index (κ1) is 15.0. The Kier molecular flexibility index (Phi) is 4.58. The van der Waals surface area contributed by atoms with Crippen LogP contribution >= 0.6 is 0 Å². The maximum Gasteiger partial charge on any atom is 0.319 e. The zero-order chi connectivity index (χ0) is 15.4. The SMILES string of the molecule is Cc1cc(F)ccc1NC(=O)NC(C)c1ccccc1C. The molecular weight excluding hydrogens is 267 g/mol. The molecule has 2 aromatic carbocycles. The highest BCUT2D eigenvalue weighted by Crippen LogP contribution is 2.18. The molecule has 0 aliphatic carbocycles. The van der Waals surface area contributed by atoms with E-state index in [0.717, 1.165) is 11.1 Å². The molecule has 0 radical (unpaired) electrons. The lowest BCUT2D eigenvalue weighted by Crippen LogP contribution is -2.31. The Labute approximate surface area is 124 Å². The van der Waals surface area contributed by atoms with E-state index in [-0.39, 0.29) is 17.9 Å². The van der Waals surface area contributed by atoms with E-state index in [1.165, 1.54) is 12.1 Å². The second kappa shape index (κ2) is 6.39. The molecule has 2 amide bonds. The van der Waals surface area contributed by atoms with E-state index < -0.39 is 0 Å². The number of benzene rings is 2. The van der Waals surface area contributed by atoms with Gasteiger partial charge in [-0.05, 0) is 55.7 Å². The van der Waals surface area contributed by atoms with Crippen molar-refractivity contribution in [3.63, 3.8) is 0 Å². The predicted octanol–water partition coefficient (Wildman–Crippen LogP) is 4.33. The van der Waals surface area contributed by atoms with Gasteiger partial charge in [0.2, 0.25) is 0 Å². The maximum absolute atomic E-state index is 13.0. The summed E-state index contributed by atoms with van der Waals surface area (Å²) >= 11 is 0. The minimum atomic E-state index is -0.313. The monoisotopic (exact) mass is 286 g/mol. The van der Waals surface area contributed by atoms with Gasteiger partial charge in [0.25, 0.3) is 0 Å². The van der Waals surface area contributed by atoms with Crippen LogP contribution in [0, 0.1) is 19.7 Å². The van der Waals surface area contributed by atoms with Crippen LogP contribution < -0.4 is 10.6 Å². The number of hydrogen-bond donors (Lipinski definition) is 2. The maximum atomic E-state index is 13.0. The number of anilines is 1. The van der Waals surface area contributed by atoms with Crippen molar-refractivity contribution >= 4 is 11.7 Å². The standard InChI is InChI=1S/C17H19FN2O/c1-11-6-4-5-7-15(11)13(3)19-17(21)20-16-9-8-14(18)10-12(16)2/h4-10,13H,1-3H3,(H2,19,20,21). The van der Waals surface area contributed by atoms with E-state index >= 15 is 0 Å². The fourth-order valence-corrected chi connectivity index (χ4v) is 2.27. The van der Waals surface area contributed by atoms with E-state index in [1.807, 2.05) is 38.1 Å². The van der Waals surface area contributed by atoms with Gasteiger partial charge in [0.05, 0.1) is 6.04 Å². The average molecular weight is 286 g/mol. The summed E-state index contributed by atoms with van der Waals surface area (Å²) < 4.78 is 13.0. The summed E-state index contributed by atoms with van der Waals surface area (Å²) in [5, 5.41) is 5.62. The molecule has 0 saturated heterocycles. The van der Waals surface area contributed by atoms with Crippen molar-refractivity contribution < 1.29 is 9.18 Å². The number of urea groups is 1. The third kappa shape index (κ3) is 3.81. The first-order chi connectivity index (χ1) is 9.97. The van der Waals surface area contributed by atoms with Crippen LogP contribution in [0.25, 0.3) is 0 Å². The van der Waals surface area contributed by atoms with Gasteiger partial charge < -0.3 is 10.6 Å².